The molecule has 5 heteroatoms. The Morgan fingerprint density at radius 1 is 0.917 bits per heavy atom. The number of nitrogens with zero attached hydrogens (tertiary/aromatic N) is 2. The third kappa shape index (κ3) is 6.79. The molecule has 1 saturated carbocycles. The summed E-state index contributed by atoms with van der Waals surface area (Å²) in [4.78, 5) is 21.4. The fourth-order valence-corrected chi connectivity index (χ4v) is 4.98. The third-order valence-corrected chi connectivity index (χ3v) is 7.17. The Kier molecular flexibility index (Phi) is 8.20. The molecule has 0 radical (unpaired) electrons. The normalized spacial score (nSPS) is 19.0. The number of carbonyl (C=O) groups is 1. The number of carbonyl (C=O) groups excluding carboxylic acids is 1. The van der Waals surface area contributed by atoms with Gasteiger partial charge in [-0.05, 0) is 81.4 Å². The lowest BCUT2D eigenvalue weighted by Crippen LogP contribution is -2.38. The molecule has 1 atom stereocenters. The minimum atomic E-state index is -0.691. The second kappa shape index (κ2) is 11.3. The minimum absolute atomic E-state index is 0.387. The number of nitrogens with two attached hydrogens (primary N) is 1. The predicted molar refractivity (Wildman–Crippen MR) is 145 cm³/mol. The lowest BCUT2D eigenvalue weighted by Gasteiger charge is -2.28. The molecule has 1 aliphatic rings. The fraction of sp³-hybridized carbons (Fsp3) is 0.452. The lowest BCUT2D eigenvalue weighted by molar-refractivity contribution is -0.156. The van der Waals surface area contributed by atoms with Crippen molar-refractivity contribution in [3.8, 4) is 22.5 Å². The maximum atomic E-state index is 12.2. The van der Waals surface area contributed by atoms with Crippen LogP contribution in [0.2, 0.25) is 0 Å². The molecule has 5 nitrogen and oxygen atoms in total. The van der Waals surface area contributed by atoms with Crippen molar-refractivity contribution in [1.29, 1.82) is 0 Å². The van der Waals surface area contributed by atoms with Crippen molar-refractivity contribution < 1.29 is 9.53 Å². The molecule has 0 aliphatic heterocycles. The minimum Gasteiger partial charge on any atom is -0.459 e. The molecule has 1 heterocycles. The van der Waals surface area contributed by atoms with Gasteiger partial charge in [0.05, 0.1) is 0 Å². The molecule has 1 fully saturated rings. The molecule has 0 spiro atoms. The fourth-order valence-electron chi connectivity index (χ4n) is 4.98. The molecular weight excluding hydrogens is 446 g/mol. The highest BCUT2D eigenvalue weighted by Crippen LogP contribution is 2.37. The van der Waals surface area contributed by atoms with Gasteiger partial charge in [-0.3, -0.25) is 4.79 Å². The molecule has 190 valence electrons. The van der Waals surface area contributed by atoms with Gasteiger partial charge in [0, 0.05) is 23.5 Å². The van der Waals surface area contributed by atoms with Gasteiger partial charge >= 0.3 is 5.97 Å². The number of benzene rings is 2. The topological polar surface area (TPSA) is 78.1 Å². The van der Waals surface area contributed by atoms with Crippen molar-refractivity contribution in [1.82, 2.24) is 9.97 Å². The maximum Gasteiger partial charge on any atom is 0.323 e. The van der Waals surface area contributed by atoms with Crippen LogP contribution in [-0.2, 0) is 16.0 Å². The van der Waals surface area contributed by atoms with Crippen molar-refractivity contribution in [2.24, 2.45) is 11.7 Å². The van der Waals surface area contributed by atoms with Crippen LogP contribution >= 0.6 is 0 Å². The first-order valence-electron chi connectivity index (χ1n) is 13.2. The second-order valence-electron chi connectivity index (χ2n) is 11.1. The monoisotopic (exact) mass is 485 g/mol. The summed E-state index contributed by atoms with van der Waals surface area (Å²) in [6.07, 6.45) is 10.8. The van der Waals surface area contributed by atoms with Crippen LogP contribution in [0.3, 0.4) is 0 Å². The lowest BCUT2D eigenvalue weighted by atomic mass is 9.78. The molecule has 4 rings (SSSR count). The first-order chi connectivity index (χ1) is 17.2. The van der Waals surface area contributed by atoms with Crippen LogP contribution < -0.4 is 5.73 Å². The average Bonchev–Trinajstić information content (AvgIpc) is 2.88. The quantitative estimate of drug-likeness (QED) is 0.377. The van der Waals surface area contributed by atoms with Crippen molar-refractivity contribution in [2.45, 2.75) is 83.8 Å². The van der Waals surface area contributed by atoms with Crippen LogP contribution in [0.4, 0.5) is 0 Å². The van der Waals surface area contributed by atoms with Crippen molar-refractivity contribution >= 4 is 5.97 Å². The van der Waals surface area contributed by atoms with E-state index in [9.17, 15) is 4.79 Å². The van der Waals surface area contributed by atoms with Gasteiger partial charge in [-0.15, -0.1) is 0 Å². The van der Waals surface area contributed by atoms with Crippen LogP contribution in [0.25, 0.3) is 22.5 Å². The number of aromatic nitrogens is 2. The molecule has 2 aromatic carbocycles. The highest BCUT2D eigenvalue weighted by atomic mass is 16.6. The summed E-state index contributed by atoms with van der Waals surface area (Å²) in [7, 11) is 0. The van der Waals surface area contributed by atoms with Gasteiger partial charge < -0.3 is 10.5 Å². The molecule has 0 saturated heterocycles. The molecule has 36 heavy (non-hydrogen) atoms. The molecule has 1 aromatic heterocycles. The Hall–Kier alpha value is -3.05. The van der Waals surface area contributed by atoms with Crippen LogP contribution in [0.5, 0.6) is 0 Å². The summed E-state index contributed by atoms with van der Waals surface area (Å²) in [5.41, 5.74) is 11.0. The van der Waals surface area contributed by atoms with Gasteiger partial charge in [-0.25, -0.2) is 9.97 Å². The molecule has 3 aromatic rings. The molecule has 1 aliphatic carbocycles. The van der Waals surface area contributed by atoms with Gasteiger partial charge in [-0.1, -0.05) is 61.9 Å². The van der Waals surface area contributed by atoms with E-state index in [1.165, 1.54) is 37.7 Å². The SMILES string of the molecule is CC[C@H]1CC[C@H](c2ccc(-c3cnc(-c4ccc(C[C@H](N)C(=O)OC(C)(C)C)cc4)nc3)cc2)CC1. The second-order valence-corrected chi connectivity index (χ2v) is 11.1. The van der Waals surface area contributed by atoms with Crippen molar-refractivity contribution in [3.05, 3.63) is 72.1 Å². The zero-order valence-corrected chi connectivity index (χ0v) is 22.0. The molecule has 0 bridgehead atoms. The number of esters is 1. The largest absolute Gasteiger partial charge is 0.459 e. The zero-order valence-electron chi connectivity index (χ0n) is 22.0. The number of rotatable bonds is 7. The molecule has 2 N–H and O–H groups in total. The number of ether oxygens (including phenoxy) is 1. The van der Waals surface area contributed by atoms with E-state index in [1.54, 1.807) is 0 Å². The van der Waals surface area contributed by atoms with Crippen LogP contribution in [0.15, 0.2) is 60.9 Å². The van der Waals surface area contributed by atoms with E-state index in [0.717, 1.165) is 28.2 Å². The van der Waals surface area contributed by atoms with Gasteiger partial charge in [0.25, 0.3) is 0 Å². The molecular formula is C31H39N3O2. The summed E-state index contributed by atoms with van der Waals surface area (Å²) in [6, 6.07) is 16.1. The first-order valence-corrected chi connectivity index (χ1v) is 13.2. The van der Waals surface area contributed by atoms with Crippen molar-refractivity contribution in [3.63, 3.8) is 0 Å². The number of hydrogen-bond donors (Lipinski definition) is 1. The van der Waals surface area contributed by atoms with Gasteiger partial charge in [0.1, 0.15) is 11.6 Å². The van der Waals surface area contributed by atoms with Crippen LogP contribution in [0, 0.1) is 5.92 Å². The van der Waals surface area contributed by atoms with Gasteiger partial charge in [-0.2, -0.15) is 0 Å². The summed E-state index contributed by atoms with van der Waals surface area (Å²) < 4.78 is 5.37. The summed E-state index contributed by atoms with van der Waals surface area (Å²) in [5, 5.41) is 0. The van der Waals surface area contributed by atoms with Gasteiger partial charge in [0.2, 0.25) is 0 Å². The van der Waals surface area contributed by atoms with Crippen LogP contribution in [0.1, 0.15) is 76.8 Å². The standard InChI is InChI=1S/C31H39N3O2/c1-5-21-6-10-23(11-7-21)24-14-16-25(17-15-24)27-19-33-29(34-20-27)26-12-8-22(9-13-26)18-28(32)30(35)36-31(2,3)4/h8-9,12-17,19-21,23,28H,5-7,10-11,18,32H2,1-4H3/t21-,23-,28-/m0/s1. The van der Waals surface area contributed by atoms with E-state index in [1.807, 2.05) is 57.4 Å². The van der Waals surface area contributed by atoms with E-state index >= 15 is 0 Å². The summed E-state index contributed by atoms with van der Waals surface area (Å²) in [6.45, 7) is 7.83. The molecule has 0 amide bonds. The Morgan fingerprint density at radius 2 is 1.50 bits per heavy atom. The van der Waals surface area contributed by atoms with Crippen molar-refractivity contribution in [2.75, 3.05) is 0 Å². The molecule has 0 unspecified atom stereocenters. The summed E-state index contributed by atoms with van der Waals surface area (Å²) in [5.74, 6) is 1.90. The Balaban J connectivity index is 1.36. The van der Waals surface area contributed by atoms with Crippen LogP contribution in [-0.4, -0.2) is 27.6 Å². The van der Waals surface area contributed by atoms with E-state index in [-0.39, 0.29) is 5.97 Å². The highest BCUT2D eigenvalue weighted by molar-refractivity contribution is 5.76. The Morgan fingerprint density at radius 3 is 2.06 bits per heavy atom. The third-order valence-electron chi connectivity index (χ3n) is 7.17. The van der Waals surface area contributed by atoms with Gasteiger partial charge in [0.15, 0.2) is 5.82 Å². The average molecular weight is 486 g/mol. The Bertz CT molecular complexity index is 1120. The smallest absolute Gasteiger partial charge is 0.323 e. The predicted octanol–water partition coefficient (Wildman–Crippen LogP) is 6.71. The highest BCUT2D eigenvalue weighted by Gasteiger charge is 2.23. The maximum absolute atomic E-state index is 12.2. The first kappa shape index (κ1) is 26.0. The van der Waals surface area contributed by atoms with E-state index in [2.05, 4.69) is 41.2 Å². The zero-order chi connectivity index (χ0) is 25.7. The van der Waals surface area contributed by atoms with E-state index in [4.69, 9.17) is 10.5 Å². The Labute approximate surface area is 215 Å². The van der Waals surface area contributed by atoms with E-state index in [0.29, 0.717) is 18.2 Å². The number of hydrogen-bond acceptors (Lipinski definition) is 5. The van der Waals surface area contributed by atoms with E-state index < -0.39 is 11.6 Å². The summed E-state index contributed by atoms with van der Waals surface area (Å²) >= 11 is 0.